The molecule has 0 atom stereocenters. The minimum Gasteiger partial charge on any atom is -0.488 e. The van der Waals surface area contributed by atoms with Crippen LogP contribution in [0.1, 0.15) is 43.2 Å². The molecule has 2 fully saturated rings. The topological polar surface area (TPSA) is 41.9 Å². The van der Waals surface area contributed by atoms with Crippen LogP contribution < -0.4 is 4.74 Å². The van der Waals surface area contributed by atoms with Gasteiger partial charge in [-0.3, -0.25) is 9.69 Å². The van der Waals surface area contributed by atoms with E-state index in [1.807, 2.05) is 54.6 Å². The average Bonchev–Trinajstić information content (AvgIpc) is 3.19. The first kappa shape index (κ1) is 24.6. The van der Waals surface area contributed by atoms with Gasteiger partial charge in [0.15, 0.2) is 5.17 Å². The van der Waals surface area contributed by atoms with Crippen molar-refractivity contribution in [3.8, 4) is 5.75 Å². The highest BCUT2D eigenvalue weighted by molar-refractivity contribution is 8.18. The quantitative estimate of drug-likeness (QED) is 0.309. The van der Waals surface area contributed by atoms with Gasteiger partial charge in [-0.2, -0.15) is 0 Å². The maximum absolute atomic E-state index is 14.4. The molecular formula is C29H26ClFN2O2S. The lowest BCUT2D eigenvalue weighted by atomic mass is 9.94. The summed E-state index contributed by atoms with van der Waals surface area (Å²) in [5, 5.41) is 1.18. The molecule has 5 rings (SSSR count). The predicted octanol–water partition coefficient (Wildman–Crippen LogP) is 7.99. The van der Waals surface area contributed by atoms with Crippen LogP contribution in [0.5, 0.6) is 5.75 Å². The normalized spacial score (nSPS) is 18.8. The number of halogens is 2. The summed E-state index contributed by atoms with van der Waals surface area (Å²) in [4.78, 5) is 20.5. The molecule has 3 aromatic carbocycles. The van der Waals surface area contributed by atoms with Crippen molar-refractivity contribution in [3.05, 3.63) is 99.7 Å². The predicted molar refractivity (Wildman–Crippen MR) is 145 cm³/mol. The number of benzene rings is 3. The van der Waals surface area contributed by atoms with Gasteiger partial charge in [0, 0.05) is 16.6 Å². The number of carbonyl (C=O) groups excluding carboxylic acids is 1. The van der Waals surface area contributed by atoms with Gasteiger partial charge in [-0.05, 0) is 66.6 Å². The Morgan fingerprint density at radius 1 is 1.03 bits per heavy atom. The molecular weight excluding hydrogens is 495 g/mol. The minimum absolute atomic E-state index is 0.0736. The molecule has 0 spiro atoms. The first-order chi connectivity index (χ1) is 17.6. The number of hydrogen-bond donors (Lipinski definition) is 0. The molecule has 7 heteroatoms. The lowest BCUT2D eigenvalue weighted by Gasteiger charge is -2.30. The van der Waals surface area contributed by atoms with Crippen LogP contribution in [0.25, 0.3) is 6.08 Å². The fourth-order valence-corrected chi connectivity index (χ4v) is 5.79. The number of ether oxygens (including phenoxy) is 1. The Hall–Kier alpha value is -3.09. The smallest absolute Gasteiger partial charge is 0.267 e. The summed E-state index contributed by atoms with van der Waals surface area (Å²) in [7, 11) is 0. The van der Waals surface area contributed by atoms with Gasteiger partial charge in [-0.1, -0.05) is 73.3 Å². The number of para-hydroxylation sites is 2. The van der Waals surface area contributed by atoms with Gasteiger partial charge in [-0.15, -0.1) is 0 Å². The second-order valence-electron chi connectivity index (χ2n) is 8.88. The van der Waals surface area contributed by atoms with Crippen molar-refractivity contribution in [2.45, 2.75) is 44.8 Å². The van der Waals surface area contributed by atoms with Gasteiger partial charge in [0.05, 0.1) is 4.91 Å². The Morgan fingerprint density at radius 2 is 1.81 bits per heavy atom. The van der Waals surface area contributed by atoms with E-state index in [1.165, 1.54) is 24.2 Å². The molecule has 4 nitrogen and oxygen atoms in total. The zero-order valence-electron chi connectivity index (χ0n) is 19.7. The summed E-state index contributed by atoms with van der Waals surface area (Å²) in [6.07, 6.45) is 7.02. The number of amidine groups is 1. The van der Waals surface area contributed by atoms with Crippen LogP contribution in [0.2, 0.25) is 5.02 Å². The van der Waals surface area contributed by atoms with E-state index >= 15 is 0 Å². The van der Waals surface area contributed by atoms with Crippen LogP contribution in [0.3, 0.4) is 0 Å². The largest absolute Gasteiger partial charge is 0.488 e. The number of rotatable bonds is 6. The van der Waals surface area contributed by atoms with Crippen molar-refractivity contribution < 1.29 is 13.9 Å². The van der Waals surface area contributed by atoms with E-state index in [0.717, 1.165) is 36.8 Å². The van der Waals surface area contributed by atoms with E-state index in [-0.39, 0.29) is 17.6 Å². The third-order valence-electron chi connectivity index (χ3n) is 6.33. The van der Waals surface area contributed by atoms with Crippen LogP contribution in [0.4, 0.5) is 10.1 Å². The van der Waals surface area contributed by atoms with Crippen molar-refractivity contribution in [2.75, 3.05) is 0 Å². The van der Waals surface area contributed by atoms with Gasteiger partial charge < -0.3 is 4.74 Å². The lowest BCUT2D eigenvalue weighted by Crippen LogP contribution is -2.40. The molecule has 36 heavy (non-hydrogen) atoms. The van der Waals surface area contributed by atoms with Crippen LogP contribution in [0.15, 0.2) is 82.7 Å². The molecule has 1 amide bonds. The molecule has 1 heterocycles. The van der Waals surface area contributed by atoms with E-state index in [0.29, 0.717) is 27.5 Å². The molecule has 0 bridgehead atoms. The fraction of sp³-hybridized carbons (Fsp3) is 0.241. The van der Waals surface area contributed by atoms with Gasteiger partial charge in [0.25, 0.3) is 5.91 Å². The SMILES string of the molecule is O=C1/C(=C/c2ccccc2OCc2cccc(Cl)c2)SC(=Nc2ccccc2F)N1C1CCCCC1. The van der Waals surface area contributed by atoms with Crippen LogP contribution in [0, 0.1) is 5.82 Å². The maximum atomic E-state index is 14.4. The summed E-state index contributed by atoms with van der Waals surface area (Å²) >= 11 is 7.39. The number of aliphatic imine (C=N–C) groups is 1. The first-order valence-electron chi connectivity index (χ1n) is 12.1. The molecule has 0 N–H and O–H groups in total. The molecule has 1 saturated heterocycles. The summed E-state index contributed by atoms with van der Waals surface area (Å²) in [6, 6.07) is 21.6. The Labute approximate surface area is 219 Å². The highest BCUT2D eigenvalue weighted by Gasteiger charge is 2.39. The molecule has 0 aromatic heterocycles. The van der Waals surface area contributed by atoms with E-state index in [1.54, 1.807) is 23.1 Å². The molecule has 0 unspecified atom stereocenters. The molecule has 0 radical (unpaired) electrons. The number of amides is 1. The Kier molecular flexibility index (Phi) is 7.73. The van der Waals surface area contributed by atoms with Crippen molar-refractivity contribution in [1.29, 1.82) is 0 Å². The lowest BCUT2D eigenvalue weighted by molar-refractivity contribution is -0.124. The highest BCUT2D eigenvalue weighted by atomic mass is 35.5. The number of thioether (sulfide) groups is 1. The average molecular weight is 521 g/mol. The van der Waals surface area contributed by atoms with E-state index in [4.69, 9.17) is 16.3 Å². The van der Waals surface area contributed by atoms with E-state index in [2.05, 4.69) is 4.99 Å². The molecule has 2 aliphatic rings. The van der Waals surface area contributed by atoms with E-state index in [9.17, 15) is 9.18 Å². The van der Waals surface area contributed by atoms with Crippen LogP contribution >= 0.6 is 23.4 Å². The summed E-state index contributed by atoms with van der Waals surface area (Å²) < 4.78 is 20.5. The Morgan fingerprint density at radius 3 is 2.61 bits per heavy atom. The summed E-state index contributed by atoms with van der Waals surface area (Å²) in [5.41, 5.74) is 1.99. The first-order valence-corrected chi connectivity index (χ1v) is 13.3. The summed E-state index contributed by atoms with van der Waals surface area (Å²) in [5.74, 6) is 0.174. The fourth-order valence-electron chi connectivity index (χ4n) is 4.53. The van der Waals surface area contributed by atoms with Crippen LogP contribution in [-0.4, -0.2) is 22.0 Å². The zero-order valence-corrected chi connectivity index (χ0v) is 21.3. The van der Waals surface area contributed by atoms with Gasteiger partial charge >= 0.3 is 0 Å². The van der Waals surface area contributed by atoms with Gasteiger partial charge in [0.1, 0.15) is 23.9 Å². The third kappa shape index (κ3) is 5.66. The number of nitrogens with zero attached hydrogens (tertiary/aromatic N) is 2. The maximum Gasteiger partial charge on any atom is 0.267 e. The van der Waals surface area contributed by atoms with Crippen molar-refractivity contribution in [2.24, 2.45) is 4.99 Å². The highest BCUT2D eigenvalue weighted by Crippen LogP contribution is 2.39. The van der Waals surface area contributed by atoms with Crippen molar-refractivity contribution >= 4 is 46.2 Å². The monoisotopic (exact) mass is 520 g/mol. The second-order valence-corrected chi connectivity index (χ2v) is 10.3. The molecule has 1 saturated carbocycles. The standard InChI is InChI=1S/C29H26ClFN2O2S/c30-22-11-8-9-20(17-22)19-35-26-16-7-4-10-21(26)18-27-28(34)33(23-12-2-1-3-13-23)29(36-27)32-25-15-6-5-14-24(25)31/h4-11,14-18,23H,1-3,12-13,19H2/b27-18-,32-29?. The Balaban J connectivity index is 1.45. The zero-order chi connectivity index (χ0) is 24.9. The molecule has 1 aliphatic carbocycles. The second kappa shape index (κ2) is 11.3. The number of hydrogen-bond acceptors (Lipinski definition) is 4. The van der Waals surface area contributed by atoms with E-state index < -0.39 is 5.82 Å². The Bertz CT molecular complexity index is 1320. The number of carbonyl (C=O) groups is 1. The molecule has 3 aromatic rings. The van der Waals surface area contributed by atoms with Gasteiger partial charge in [-0.25, -0.2) is 9.38 Å². The van der Waals surface area contributed by atoms with Crippen molar-refractivity contribution in [3.63, 3.8) is 0 Å². The van der Waals surface area contributed by atoms with Crippen LogP contribution in [-0.2, 0) is 11.4 Å². The summed E-state index contributed by atoms with van der Waals surface area (Å²) in [6.45, 7) is 0.357. The molecule has 184 valence electrons. The van der Waals surface area contributed by atoms with Gasteiger partial charge in [0.2, 0.25) is 0 Å². The molecule has 1 aliphatic heterocycles. The minimum atomic E-state index is -0.404. The van der Waals surface area contributed by atoms with Crippen molar-refractivity contribution in [1.82, 2.24) is 4.90 Å². The third-order valence-corrected chi connectivity index (χ3v) is 7.55.